The molecule has 2 heterocycles. The molecule has 2 fully saturated rings. The zero-order valence-electron chi connectivity index (χ0n) is 10.2. The Morgan fingerprint density at radius 1 is 1.00 bits per heavy atom. The molecular formula is C14H17F2NO. The first-order chi connectivity index (χ1) is 8.69. The monoisotopic (exact) mass is 253 g/mol. The molecule has 0 aliphatic carbocycles. The van der Waals surface area contributed by atoms with Gasteiger partial charge in [-0.1, -0.05) is 6.42 Å². The van der Waals surface area contributed by atoms with Crippen LogP contribution in [0.1, 0.15) is 32.1 Å². The van der Waals surface area contributed by atoms with Crippen LogP contribution in [0.2, 0.25) is 0 Å². The molecule has 1 N–H and O–H groups in total. The number of hydrogen-bond donors (Lipinski definition) is 1. The molecule has 2 aliphatic heterocycles. The lowest BCUT2D eigenvalue weighted by molar-refractivity contribution is 0.0922. The van der Waals surface area contributed by atoms with Crippen LogP contribution in [0.25, 0.3) is 0 Å². The molecule has 0 saturated carbocycles. The fourth-order valence-corrected chi connectivity index (χ4v) is 3.10. The van der Waals surface area contributed by atoms with E-state index in [1.165, 1.54) is 31.4 Å². The maximum atomic E-state index is 13.1. The van der Waals surface area contributed by atoms with Crippen molar-refractivity contribution in [1.82, 2.24) is 5.32 Å². The van der Waals surface area contributed by atoms with Crippen LogP contribution in [0.15, 0.2) is 18.2 Å². The maximum Gasteiger partial charge on any atom is 0.129 e. The minimum absolute atomic E-state index is 0.0720. The molecule has 2 aliphatic rings. The summed E-state index contributed by atoms with van der Waals surface area (Å²) in [4.78, 5) is 0. The summed E-state index contributed by atoms with van der Waals surface area (Å²) < 4.78 is 31.9. The molecule has 0 radical (unpaired) electrons. The molecule has 98 valence electrons. The van der Waals surface area contributed by atoms with E-state index in [2.05, 4.69) is 5.32 Å². The maximum absolute atomic E-state index is 13.1. The van der Waals surface area contributed by atoms with Gasteiger partial charge in [0.1, 0.15) is 23.5 Å². The third kappa shape index (κ3) is 2.64. The Labute approximate surface area is 105 Å². The molecule has 1 aromatic rings. The minimum Gasteiger partial charge on any atom is -0.490 e. The zero-order valence-corrected chi connectivity index (χ0v) is 10.2. The van der Waals surface area contributed by atoms with Crippen LogP contribution in [-0.2, 0) is 0 Å². The first-order valence-corrected chi connectivity index (χ1v) is 6.58. The van der Waals surface area contributed by atoms with Crippen molar-refractivity contribution in [1.29, 1.82) is 0 Å². The van der Waals surface area contributed by atoms with E-state index >= 15 is 0 Å². The SMILES string of the molecule is Fc1cc(F)cc(OC2C[C@@H]3CCC[C@@H](C2)N3)c1. The fourth-order valence-electron chi connectivity index (χ4n) is 3.10. The highest BCUT2D eigenvalue weighted by molar-refractivity contribution is 5.24. The van der Waals surface area contributed by atoms with Crippen molar-refractivity contribution in [3.8, 4) is 5.75 Å². The molecule has 1 aromatic carbocycles. The number of ether oxygens (including phenoxy) is 1. The lowest BCUT2D eigenvalue weighted by Gasteiger charge is -2.40. The molecule has 0 amide bonds. The number of nitrogens with one attached hydrogen (secondary N) is 1. The van der Waals surface area contributed by atoms with E-state index in [0.717, 1.165) is 18.9 Å². The van der Waals surface area contributed by atoms with E-state index in [9.17, 15) is 8.78 Å². The van der Waals surface area contributed by atoms with Crippen molar-refractivity contribution in [3.05, 3.63) is 29.8 Å². The van der Waals surface area contributed by atoms with Gasteiger partial charge in [0, 0.05) is 30.3 Å². The number of piperidine rings is 2. The average Bonchev–Trinajstić information content (AvgIpc) is 2.26. The summed E-state index contributed by atoms with van der Waals surface area (Å²) in [5.41, 5.74) is 0. The van der Waals surface area contributed by atoms with Gasteiger partial charge in [-0.3, -0.25) is 0 Å². The van der Waals surface area contributed by atoms with Crippen LogP contribution in [0.3, 0.4) is 0 Å². The van der Waals surface area contributed by atoms with Gasteiger partial charge in [-0.2, -0.15) is 0 Å². The zero-order chi connectivity index (χ0) is 12.5. The molecule has 3 rings (SSSR count). The Kier molecular flexibility index (Phi) is 3.20. The molecule has 0 unspecified atom stereocenters. The van der Waals surface area contributed by atoms with Gasteiger partial charge < -0.3 is 10.1 Å². The fraction of sp³-hybridized carbons (Fsp3) is 0.571. The number of fused-ring (bicyclic) bond motifs is 2. The lowest BCUT2D eigenvalue weighted by atomic mass is 9.85. The average molecular weight is 253 g/mol. The van der Waals surface area contributed by atoms with Crippen molar-refractivity contribution in [2.45, 2.75) is 50.3 Å². The van der Waals surface area contributed by atoms with Gasteiger partial charge >= 0.3 is 0 Å². The van der Waals surface area contributed by atoms with Crippen LogP contribution in [-0.4, -0.2) is 18.2 Å². The molecule has 18 heavy (non-hydrogen) atoms. The Hall–Kier alpha value is -1.16. The summed E-state index contributed by atoms with van der Waals surface area (Å²) in [5.74, 6) is -0.865. The number of hydrogen-bond acceptors (Lipinski definition) is 2. The predicted molar refractivity (Wildman–Crippen MR) is 64.6 cm³/mol. The van der Waals surface area contributed by atoms with E-state index in [0.29, 0.717) is 17.8 Å². The van der Waals surface area contributed by atoms with Gasteiger partial charge in [0.25, 0.3) is 0 Å². The summed E-state index contributed by atoms with van der Waals surface area (Å²) in [6.07, 6.45) is 5.54. The van der Waals surface area contributed by atoms with Crippen molar-refractivity contribution >= 4 is 0 Å². The van der Waals surface area contributed by atoms with E-state index in [-0.39, 0.29) is 6.10 Å². The number of rotatable bonds is 2. The largest absolute Gasteiger partial charge is 0.490 e. The topological polar surface area (TPSA) is 21.3 Å². The Bertz CT molecular complexity index is 406. The summed E-state index contributed by atoms with van der Waals surface area (Å²) in [6, 6.07) is 4.37. The second-order valence-electron chi connectivity index (χ2n) is 5.31. The number of halogens is 2. The lowest BCUT2D eigenvalue weighted by Crippen LogP contribution is -2.51. The number of benzene rings is 1. The molecule has 4 heteroatoms. The highest BCUT2D eigenvalue weighted by Gasteiger charge is 2.32. The molecule has 2 nitrogen and oxygen atoms in total. The second-order valence-corrected chi connectivity index (χ2v) is 5.31. The Morgan fingerprint density at radius 2 is 1.61 bits per heavy atom. The van der Waals surface area contributed by atoms with E-state index in [4.69, 9.17) is 4.74 Å². The summed E-state index contributed by atoms with van der Waals surface area (Å²) >= 11 is 0. The van der Waals surface area contributed by atoms with Crippen molar-refractivity contribution in [3.63, 3.8) is 0 Å². The van der Waals surface area contributed by atoms with Crippen molar-refractivity contribution in [2.75, 3.05) is 0 Å². The van der Waals surface area contributed by atoms with Crippen LogP contribution >= 0.6 is 0 Å². The van der Waals surface area contributed by atoms with E-state index in [1.54, 1.807) is 0 Å². The first kappa shape index (κ1) is 11.9. The van der Waals surface area contributed by atoms with Gasteiger partial charge in [0.2, 0.25) is 0 Å². The third-order valence-corrected chi connectivity index (χ3v) is 3.81. The van der Waals surface area contributed by atoms with Crippen molar-refractivity contribution < 1.29 is 13.5 Å². The van der Waals surface area contributed by atoms with Gasteiger partial charge in [-0.05, 0) is 25.7 Å². The molecule has 2 atom stereocenters. The molecule has 0 spiro atoms. The normalized spacial score (nSPS) is 31.1. The van der Waals surface area contributed by atoms with Gasteiger partial charge in [-0.25, -0.2) is 8.78 Å². The van der Waals surface area contributed by atoms with Crippen LogP contribution in [0, 0.1) is 11.6 Å². The highest BCUT2D eigenvalue weighted by atomic mass is 19.1. The summed E-state index contributed by atoms with van der Waals surface area (Å²) in [7, 11) is 0. The van der Waals surface area contributed by atoms with Gasteiger partial charge in [0.05, 0.1) is 0 Å². The van der Waals surface area contributed by atoms with Crippen LogP contribution in [0.5, 0.6) is 5.75 Å². The van der Waals surface area contributed by atoms with Gasteiger partial charge in [0.15, 0.2) is 0 Å². The molecule has 2 bridgehead atoms. The summed E-state index contributed by atoms with van der Waals surface area (Å²) in [5, 5.41) is 3.56. The standard InChI is InChI=1S/C14H17F2NO/c15-9-4-10(16)6-13(5-9)18-14-7-11-2-1-3-12(8-14)17-11/h4-6,11-12,14,17H,1-3,7-8H2/t11-,12-/m0/s1. The molecule has 0 aromatic heterocycles. The minimum atomic E-state index is -0.584. The predicted octanol–water partition coefficient (Wildman–Crippen LogP) is 3.02. The van der Waals surface area contributed by atoms with Crippen molar-refractivity contribution in [2.24, 2.45) is 0 Å². The smallest absolute Gasteiger partial charge is 0.129 e. The van der Waals surface area contributed by atoms with E-state index in [1.807, 2.05) is 0 Å². The van der Waals surface area contributed by atoms with Gasteiger partial charge in [-0.15, -0.1) is 0 Å². The van der Waals surface area contributed by atoms with Crippen LogP contribution < -0.4 is 10.1 Å². The quantitative estimate of drug-likeness (QED) is 0.874. The third-order valence-electron chi connectivity index (χ3n) is 3.81. The molecule has 2 saturated heterocycles. The Morgan fingerprint density at radius 3 is 2.22 bits per heavy atom. The highest BCUT2D eigenvalue weighted by Crippen LogP contribution is 2.29. The first-order valence-electron chi connectivity index (χ1n) is 6.58. The molecular weight excluding hydrogens is 236 g/mol. The van der Waals surface area contributed by atoms with Crippen LogP contribution in [0.4, 0.5) is 8.78 Å². The summed E-state index contributed by atoms with van der Waals surface area (Å²) in [6.45, 7) is 0. The van der Waals surface area contributed by atoms with E-state index < -0.39 is 11.6 Å². The Balaban J connectivity index is 1.68. The second kappa shape index (κ2) is 4.84.